The molecule has 2 N–H and O–H groups in total. The monoisotopic (exact) mass is 292 g/mol. The number of carbonyl (C=O) groups is 3. The van der Waals surface area contributed by atoms with Crippen LogP contribution in [0.25, 0.3) is 0 Å². The fourth-order valence-electron chi connectivity index (χ4n) is 1.94. The number of β-lactam (4-membered cyclic amide) rings is 1. The molecule has 1 aliphatic heterocycles. The largest absolute Gasteiger partial charge is 0.484 e. The summed E-state index contributed by atoms with van der Waals surface area (Å²) in [7, 11) is 0. The zero-order chi connectivity index (χ0) is 15.2. The number of nitrogens with one attached hydrogen (secondary N) is 1. The summed E-state index contributed by atoms with van der Waals surface area (Å²) in [6, 6.07) is 8.31. The molecule has 1 aliphatic rings. The van der Waals surface area contributed by atoms with Gasteiger partial charge in [-0.05, 0) is 12.1 Å². The molecule has 1 heterocycles. The fraction of sp³-hybridized carbons (Fsp3) is 0.357. The molecule has 2 amide bonds. The normalized spacial score (nSPS) is 17.0. The first-order valence-electron chi connectivity index (χ1n) is 6.54. The first-order chi connectivity index (χ1) is 10.1. The van der Waals surface area contributed by atoms with Crippen LogP contribution < -0.4 is 10.1 Å². The van der Waals surface area contributed by atoms with Crippen molar-refractivity contribution < 1.29 is 24.2 Å². The summed E-state index contributed by atoms with van der Waals surface area (Å²) in [5, 5.41) is 11.1. The third-order valence-electron chi connectivity index (χ3n) is 3.06. The van der Waals surface area contributed by atoms with Crippen molar-refractivity contribution in [3.63, 3.8) is 0 Å². The van der Waals surface area contributed by atoms with Crippen molar-refractivity contribution in [3.8, 4) is 5.75 Å². The second-order valence-corrected chi connectivity index (χ2v) is 4.65. The van der Waals surface area contributed by atoms with E-state index in [0.717, 1.165) is 0 Å². The molecule has 0 bridgehead atoms. The number of aliphatic carboxylic acids is 1. The zero-order valence-electron chi connectivity index (χ0n) is 11.3. The van der Waals surface area contributed by atoms with Gasteiger partial charge in [0.1, 0.15) is 11.8 Å². The van der Waals surface area contributed by atoms with Crippen molar-refractivity contribution in [2.24, 2.45) is 0 Å². The highest BCUT2D eigenvalue weighted by Gasteiger charge is 2.37. The number of carboxylic acids is 1. The highest BCUT2D eigenvalue weighted by Crippen LogP contribution is 2.11. The lowest BCUT2D eigenvalue weighted by molar-refractivity contribution is -0.148. The highest BCUT2D eigenvalue weighted by atomic mass is 16.5. The van der Waals surface area contributed by atoms with E-state index in [9.17, 15) is 14.4 Å². The van der Waals surface area contributed by atoms with Crippen LogP contribution in [-0.4, -0.2) is 53.5 Å². The predicted molar refractivity (Wildman–Crippen MR) is 72.7 cm³/mol. The Balaban J connectivity index is 1.68. The van der Waals surface area contributed by atoms with E-state index in [1.165, 1.54) is 4.90 Å². The van der Waals surface area contributed by atoms with E-state index in [4.69, 9.17) is 9.84 Å². The summed E-state index contributed by atoms with van der Waals surface area (Å²) in [5.41, 5.74) is 0. The van der Waals surface area contributed by atoms with Crippen LogP contribution in [0.15, 0.2) is 30.3 Å². The quantitative estimate of drug-likeness (QED) is 0.682. The molecule has 1 fully saturated rings. The molecule has 0 saturated carbocycles. The number of rotatable bonds is 7. The third-order valence-corrected chi connectivity index (χ3v) is 3.06. The second kappa shape index (κ2) is 6.74. The Bertz CT molecular complexity index is 531. The van der Waals surface area contributed by atoms with Crippen molar-refractivity contribution in [1.82, 2.24) is 10.2 Å². The van der Waals surface area contributed by atoms with Crippen molar-refractivity contribution in [1.29, 1.82) is 0 Å². The molecule has 0 aliphatic carbocycles. The minimum Gasteiger partial charge on any atom is -0.484 e. The predicted octanol–water partition coefficient (Wildman–Crippen LogP) is -0.133. The van der Waals surface area contributed by atoms with E-state index in [1.54, 1.807) is 24.3 Å². The lowest BCUT2D eigenvalue weighted by Crippen LogP contribution is -2.64. The lowest BCUT2D eigenvalue weighted by Gasteiger charge is -2.38. The van der Waals surface area contributed by atoms with Crippen LogP contribution in [-0.2, 0) is 14.4 Å². The molecule has 0 aromatic heterocycles. The number of benzene rings is 1. The molecule has 7 heteroatoms. The highest BCUT2D eigenvalue weighted by molar-refractivity contribution is 5.92. The molecule has 1 saturated heterocycles. The number of carboxylic acid groups (broad SMARTS) is 1. The van der Waals surface area contributed by atoms with Gasteiger partial charge >= 0.3 is 5.97 Å². The van der Waals surface area contributed by atoms with Gasteiger partial charge < -0.3 is 20.1 Å². The standard InChI is InChI=1S/C14H16N2O5/c17-12(9-21-10-4-2-1-3-5-10)15-11-8-16(14(11)20)7-6-13(18)19/h1-5,11H,6-9H2,(H,15,17)(H,18,19)/t11-/m0/s1. The molecular formula is C14H16N2O5. The second-order valence-electron chi connectivity index (χ2n) is 4.65. The minimum absolute atomic E-state index is 0.0937. The number of nitrogens with zero attached hydrogens (tertiary/aromatic N) is 1. The van der Waals surface area contributed by atoms with Crippen LogP contribution in [0.1, 0.15) is 6.42 Å². The van der Waals surface area contributed by atoms with Gasteiger partial charge in [-0.15, -0.1) is 0 Å². The molecule has 0 spiro atoms. The lowest BCUT2D eigenvalue weighted by atomic mass is 10.1. The molecule has 21 heavy (non-hydrogen) atoms. The Hall–Kier alpha value is -2.57. The molecule has 1 aromatic rings. The van der Waals surface area contributed by atoms with Gasteiger partial charge in [0.25, 0.3) is 5.91 Å². The Morgan fingerprint density at radius 1 is 1.33 bits per heavy atom. The average Bonchev–Trinajstić information content (AvgIpc) is 2.48. The van der Waals surface area contributed by atoms with Crippen LogP contribution in [0.5, 0.6) is 5.75 Å². The van der Waals surface area contributed by atoms with Crippen LogP contribution in [0.3, 0.4) is 0 Å². The van der Waals surface area contributed by atoms with E-state index in [1.807, 2.05) is 6.07 Å². The van der Waals surface area contributed by atoms with E-state index in [2.05, 4.69) is 5.32 Å². The summed E-state index contributed by atoms with van der Waals surface area (Å²) in [5.74, 6) is -1.01. The van der Waals surface area contributed by atoms with Gasteiger partial charge in [-0.2, -0.15) is 0 Å². The topological polar surface area (TPSA) is 95.9 Å². The van der Waals surface area contributed by atoms with E-state index in [-0.39, 0.29) is 31.4 Å². The number of para-hydroxylation sites is 1. The number of ether oxygens (including phenoxy) is 1. The van der Waals surface area contributed by atoms with Gasteiger partial charge in [-0.25, -0.2) is 0 Å². The van der Waals surface area contributed by atoms with Gasteiger partial charge in [-0.3, -0.25) is 14.4 Å². The molecule has 1 atom stereocenters. The van der Waals surface area contributed by atoms with Gasteiger partial charge in [0.2, 0.25) is 5.91 Å². The van der Waals surface area contributed by atoms with Crippen LogP contribution in [0.2, 0.25) is 0 Å². The zero-order valence-corrected chi connectivity index (χ0v) is 11.3. The number of amides is 2. The first kappa shape index (κ1) is 14.8. The number of hydrogen-bond donors (Lipinski definition) is 2. The average molecular weight is 292 g/mol. The summed E-state index contributed by atoms with van der Waals surface area (Å²) >= 11 is 0. The van der Waals surface area contributed by atoms with Crippen molar-refractivity contribution >= 4 is 17.8 Å². The molecule has 0 radical (unpaired) electrons. The van der Waals surface area contributed by atoms with E-state index < -0.39 is 12.0 Å². The van der Waals surface area contributed by atoms with Crippen molar-refractivity contribution in [3.05, 3.63) is 30.3 Å². The van der Waals surface area contributed by atoms with Crippen molar-refractivity contribution in [2.75, 3.05) is 19.7 Å². The number of hydrogen-bond acceptors (Lipinski definition) is 4. The van der Waals surface area contributed by atoms with Crippen LogP contribution in [0.4, 0.5) is 0 Å². The maximum Gasteiger partial charge on any atom is 0.305 e. The SMILES string of the molecule is O=C(O)CCN1C[C@H](NC(=O)COc2ccccc2)C1=O. The molecule has 2 rings (SSSR count). The summed E-state index contributed by atoms with van der Waals surface area (Å²) in [6.45, 7) is 0.340. The summed E-state index contributed by atoms with van der Waals surface area (Å²) in [4.78, 5) is 35.1. The van der Waals surface area contributed by atoms with Crippen molar-refractivity contribution in [2.45, 2.75) is 12.5 Å². The Morgan fingerprint density at radius 3 is 2.67 bits per heavy atom. The first-order valence-corrected chi connectivity index (χ1v) is 6.54. The van der Waals surface area contributed by atoms with Gasteiger partial charge in [-0.1, -0.05) is 18.2 Å². The Labute approximate surface area is 121 Å². The van der Waals surface area contributed by atoms with Gasteiger partial charge in [0.05, 0.1) is 6.42 Å². The van der Waals surface area contributed by atoms with Gasteiger partial charge in [0.15, 0.2) is 6.61 Å². The summed E-state index contributed by atoms with van der Waals surface area (Å²) < 4.78 is 5.26. The maximum atomic E-state index is 11.7. The molecule has 112 valence electrons. The maximum absolute atomic E-state index is 11.7. The van der Waals surface area contributed by atoms with Gasteiger partial charge in [0, 0.05) is 13.1 Å². The third kappa shape index (κ3) is 4.20. The van der Waals surface area contributed by atoms with Crippen LogP contribution >= 0.6 is 0 Å². The number of likely N-dealkylation sites (tertiary alicyclic amines) is 1. The summed E-state index contributed by atoms with van der Waals surface area (Å²) in [6.07, 6.45) is -0.0937. The molecule has 7 nitrogen and oxygen atoms in total. The molecule has 0 unspecified atom stereocenters. The smallest absolute Gasteiger partial charge is 0.305 e. The number of carbonyl (C=O) groups excluding carboxylic acids is 2. The Morgan fingerprint density at radius 2 is 2.05 bits per heavy atom. The van der Waals surface area contributed by atoms with E-state index in [0.29, 0.717) is 12.3 Å². The minimum atomic E-state index is -0.952. The van der Waals surface area contributed by atoms with Crippen LogP contribution in [0, 0.1) is 0 Å². The molecule has 1 aromatic carbocycles. The fourth-order valence-corrected chi connectivity index (χ4v) is 1.94. The molecular weight excluding hydrogens is 276 g/mol. The Kier molecular flexibility index (Phi) is 4.76. The van der Waals surface area contributed by atoms with E-state index >= 15 is 0 Å².